The fourth-order valence-corrected chi connectivity index (χ4v) is 2.84. The molecule has 5 nitrogen and oxygen atoms in total. The van der Waals surface area contributed by atoms with Gasteiger partial charge in [-0.25, -0.2) is 0 Å². The number of anilines is 1. The summed E-state index contributed by atoms with van der Waals surface area (Å²) in [5.74, 6) is 1.66. The molecular formula is C20H28N2O3S. The number of nitrogens with zero attached hydrogens (tertiary/aromatic N) is 1. The number of aliphatic hydroxyl groups is 1. The Hall–Kier alpha value is -1.89. The summed E-state index contributed by atoms with van der Waals surface area (Å²) in [5.41, 5.74) is 2.27. The maximum absolute atomic E-state index is 10.1. The lowest BCUT2D eigenvalue weighted by atomic mass is 10.1. The van der Waals surface area contributed by atoms with Gasteiger partial charge in [0, 0.05) is 25.5 Å². The quantitative estimate of drug-likeness (QED) is 0.465. The third-order valence-electron chi connectivity index (χ3n) is 4.06. The molecule has 1 unspecified atom stereocenters. The van der Waals surface area contributed by atoms with E-state index in [4.69, 9.17) is 9.47 Å². The molecule has 0 saturated heterocycles. The van der Waals surface area contributed by atoms with Crippen LogP contribution in [0.4, 0.5) is 5.69 Å². The van der Waals surface area contributed by atoms with Gasteiger partial charge in [0.2, 0.25) is 0 Å². The molecule has 0 spiro atoms. The van der Waals surface area contributed by atoms with Crippen LogP contribution >= 0.6 is 11.9 Å². The monoisotopic (exact) mass is 376 g/mol. The van der Waals surface area contributed by atoms with Crippen molar-refractivity contribution in [3.63, 3.8) is 0 Å². The van der Waals surface area contributed by atoms with Gasteiger partial charge in [0.05, 0.1) is 7.11 Å². The second-order valence-electron chi connectivity index (χ2n) is 5.90. The van der Waals surface area contributed by atoms with Gasteiger partial charge in [-0.3, -0.25) is 0 Å². The van der Waals surface area contributed by atoms with Gasteiger partial charge >= 0.3 is 0 Å². The maximum Gasteiger partial charge on any atom is 0.122 e. The summed E-state index contributed by atoms with van der Waals surface area (Å²) in [7, 11) is 3.69. The molecule has 0 bridgehead atoms. The molecule has 2 aromatic rings. The van der Waals surface area contributed by atoms with Crippen molar-refractivity contribution in [2.45, 2.75) is 12.5 Å². The fraction of sp³-hybridized carbons (Fsp3) is 0.400. The molecule has 2 aromatic carbocycles. The Balaban J connectivity index is 1.66. The van der Waals surface area contributed by atoms with E-state index in [2.05, 4.69) is 15.7 Å². The normalized spacial score (nSPS) is 11.8. The first-order valence-electron chi connectivity index (χ1n) is 8.65. The predicted octanol–water partition coefficient (Wildman–Crippen LogP) is 2.98. The zero-order valence-corrected chi connectivity index (χ0v) is 16.5. The Morgan fingerprint density at radius 3 is 2.58 bits per heavy atom. The van der Waals surface area contributed by atoms with Crippen LogP contribution in [0.3, 0.4) is 0 Å². The lowest BCUT2D eigenvalue weighted by Gasteiger charge is -2.16. The van der Waals surface area contributed by atoms with Crippen molar-refractivity contribution < 1.29 is 14.6 Å². The smallest absolute Gasteiger partial charge is 0.122 e. The number of methoxy groups -OCH3 is 1. The predicted molar refractivity (Wildman–Crippen MR) is 109 cm³/mol. The molecule has 6 heteroatoms. The molecule has 0 aliphatic rings. The van der Waals surface area contributed by atoms with Crippen molar-refractivity contribution in [3.8, 4) is 11.5 Å². The van der Waals surface area contributed by atoms with Gasteiger partial charge in [-0.15, -0.1) is 0 Å². The van der Waals surface area contributed by atoms with Gasteiger partial charge in [0.25, 0.3) is 0 Å². The molecule has 2 N–H and O–H groups in total. The molecule has 26 heavy (non-hydrogen) atoms. The Labute approximate surface area is 160 Å². The number of para-hydroxylation sites is 1. The molecule has 0 aromatic heterocycles. The SMILES string of the molecule is COc1ccccc1CCNCC(O)COc1ccc(N(C)SC)cc1. The summed E-state index contributed by atoms with van der Waals surface area (Å²) < 4.78 is 13.1. The van der Waals surface area contributed by atoms with Gasteiger partial charge in [0.1, 0.15) is 24.2 Å². The lowest BCUT2D eigenvalue weighted by molar-refractivity contribution is 0.106. The summed E-state index contributed by atoms with van der Waals surface area (Å²) in [5, 5.41) is 13.3. The van der Waals surface area contributed by atoms with E-state index in [1.165, 1.54) is 0 Å². The lowest BCUT2D eigenvalue weighted by Crippen LogP contribution is -2.32. The van der Waals surface area contributed by atoms with Crippen LogP contribution in [0.25, 0.3) is 0 Å². The zero-order chi connectivity index (χ0) is 18.8. The minimum absolute atomic E-state index is 0.263. The second kappa shape index (κ2) is 11.0. The first kappa shape index (κ1) is 20.4. The van der Waals surface area contributed by atoms with Crippen molar-refractivity contribution in [2.24, 2.45) is 0 Å². The third-order valence-corrected chi connectivity index (χ3v) is 4.82. The van der Waals surface area contributed by atoms with Crippen molar-refractivity contribution in [3.05, 3.63) is 54.1 Å². The Morgan fingerprint density at radius 2 is 1.88 bits per heavy atom. The van der Waals surface area contributed by atoms with Crippen LogP contribution < -0.4 is 19.1 Å². The van der Waals surface area contributed by atoms with Gasteiger partial charge in [0.15, 0.2) is 0 Å². The highest BCUT2D eigenvalue weighted by atomic mass is 32.2. The number of rotatable bonds is 11. The van der Waals surface area contributed by atoms with Crippen LogP contribution in [0.5, 0.6) is 11.5 Å². The van der Waals surface area contributed by atoms with E-state index < -0.39 is 6.10 Å². The number of nitrogens with one attached hydrogen (secondary N) is 1. The number of benzene rings is 2. The van der Waals surface area contributed by atoms with Gasteiger partial charge in [-0.1, -0.05) is 30.1 Å². The van der Waals surface area contributed by atoms with E-state index >= 15 is 0 Å². The summed E-state index contributed by atoms with van der Waals surface area (Å²) in [4.78, 5) is 0. The van der Waals surface area contributed by atoms with Crippen molar-refractivity contribution >= 4 is 17.6 Å². The number of aliphatic hydroxyl groups excluding tert-OH is 1. The van der Waals surface area contributed by atoms with Crippen LogP contribution in [0.1, 0.15) is 5.56 Å². The van der Waals surface area contributed by atoms with Gasteiger partial charge < -0.3 is 24.2 Å². The van der Waals surface area contributed by atoms with Gasteiger partial charge in [-0.05, 0) is 48.9 Å². The average Bonchev–Trinajstić information content (AvgIpc) is 2.69. The zero-order valence-electron chi connectivity index (χ0n) is 15.6. The third kappa shape index (κ3) is 6.44. The van der Waals surface area contributed by atoms with Crippen LogP contribution in [0.15, 0.2) is 48.5 Å². The summed E-state index contributed by atoms with van der Waals surface area (Å²) in [6.45, 7) is 1.52. The summed E-state index contributed by atoms with van der Waals surface area (Å²) in [6.07, 6.45) is 2.32. The largest absolute Gasteiger partial charge is 0.496 e. The van der Waals surface area contributed by atoms with Crippen molar-refractivity contribution in [1.29, 1.82) is 0 Å². The number of hydrogen-bond donors (Lipinski definition) is 2. The molecule has 0 amide bonds. The molecule has 0 radical (unpaired) electrons. The van der Waals surface area contributed by atoms with E-state index in [1.54, 1.807) is 19.1 Å². The van der Waals surface area contributed by atoms with E-state index in [0.29, 0.717) is 6.54 Å². The molecule has 0 saturated carbocycles. The topological polar surface area (TPSA) is 54.0 Å². The summed E-state index contributed by atoms with van der Waals surface area (Å²) >= 11 is 1.65. The van der Waals surface area contributed by atoms with E-state index in [0.717, 1.165) is 35.7 Å². The average molecular weight is 377 g/mol. The highest BCUT2D eigenvalue weighted by molar-refractivity contribution is 7.99. The van der Waals surface area contributed by atoms with Crippen molar-refractivity contribution in [1.82, 2.24) is 5.32 Å². The van der Waals surface area contributed by atoms with Crippen LogP contribution in [-0.4, -0.2) is 51.3 Å². The van der Waals surface area contributed by atoms with Crippen LogP contribution in [0, 0.1) is 0 Å². The van der Waals surface area contributed by atoms with Crippen LogP contribution in [0.2, 0.25) is 0 Å². The molecule has 0 fully saturated rings. The van der Waals surface area contributed by atoms with E-state index in [-0.39, 0.29) is 6.61 Å². The number of hydrogen-bond acceptors (Lipinski definition) is 6. The molecule has 1 atom stereocenters. The molecule has 0 aliphatic carbocycles. The summed E-state index contributed by atoms with van der Waals surface area (Å²) in [6, 6.07) is 15.8. The Morgan fingerprint density at radius 1 is 1.15 bits per heavy atom. The van der Waals surface area contributed by atoms with E-state index in [9.17, 15) is 5.11 Å². The van der Waals surface area contributed by atoms with Crippen molar-refractivity contribution in [2.75, 3.05) is 44.4 Å². The first-order chi connectivity index (χ1) is 12.6. The highest BCUT2D eigenvalue weighted by Gasteiger charge is 2.07. The Kier molecular flexibility index (Phi) is 8.61. The number of ether oxygens (including phenoxy) is 2. The Bertz CT molecular complexity index is 652. The van der Waals surface area contributed by atoms with Crippen LogP contribution in [-0.2, 0) is 6.42 Å². The molecule has 0 heterocycles. The van der Waals surface area contributed by atoms with E-state index in [1.807, 2.05) is 55.8 Å². The minimum atomic E-state index is -0.554. The molecule has 142 valence electrons. The first-order valence-corrected chi connectivity index (χ1v) is 9.83. The van der Waals surface area contributed by atoms with Gasteiger partial charge in [-0.2, -0.15) is 0 Å². The maximum atomic E-state index is 10.1. The molecule has 0 aliphatic heterocycles. The second-order valence-corrected chi connectivity index (χ2v) is 6.82. The molecular weight excluding hydrogens is 348 g/mol. The fourth-order valence-electron chi connectivity index (χ4n) is 2.51. The molecule has 2 rings (SSSR count). The highest BCUT2D eigenvalue weighted by Crippen LogP contribution is 2.22. The minimum Gasteiger partial charge on any atom is -0.496 e. The standard InChI is InChI=1S/C20H28N2O3S/c1-22(26-3)17-8-10-19(11-9-17)25-15-18(23)14-21-13-12-16-6-4-5-7-20(16)24-2/h4-11,18,21,23H,12-15H2,1-3H3.